The summed E-state index contributed by atoms with van der Waals surface area (Å²) in [4.78, 5) is 36.1. The van der Waals surface area contributed by atoms with E-state index in [1.807, 2.05) is 0 Å². The molecule has 0 spiro atoms. The number of pyridine rings is 1. The SMILES string of the molecule is CC(=O)Nc1cc(Cc2cccc(Cl)c2F)cc2c(=O)c(C(=O)O)cn(CCO)c12. The molecule has 0 aliphatic carbocycles. The number of aliphatic hydroxyl groups is 1. The van der Waals surface area contributed by atoms with Gasteiger partial charge in [-0.3, -0.25) is 9.59 Å². The van der Waals surface area contributed by atoms with E-state index < -0.39 is 28.7 Å². The Bertz CT molecular complexity index is 1220. The van der Waals surface area contributed by atoms with Crippen LogP contribution in [0.15, 0.2) is 41.3 Å². The first-order valence-electron chi connectivity index (χ1n) is 8.97. The van der Waals surface area contributed by atoms with Crippen LogP contribution in [-0.2, 0) is 17.8 Å². The quantitative estimate of drug-likeness (QED) is 0.554. The van der Waals surface area contributed by atoms with Crippen molar-refractivity contribution >= 4 is 40.1 Å². The van der Waals surface area contributed by atoms with Crippen LogP contribution in [-0.4, -0.2) is 33.3 Å². The Labute approximate surface area is 175 Å². The van der Waals surface area contributed by atoms with Crippen molar-refractivity contribution in [3.63, 3.8) is 0 Å². The second-order valence-corrected chi connectivity index (χ2v) is 7.11. The first-order valence-corrected chi connectivity index (χ1v) is 9.35. The zero-order chi connectivity index (χ0) is 22.0. The molecule has 0 atom stereocenters. The summed E-state index contributed by atoms with van der Waals surface area (Å²) in [6.07, 6.45) is 1.19. The lowest BCUT2D eigenvalue weighted by atomic mass is 10.00. The number of nitrogens with zero attached hydrogens (tertiary/aromatic N) is 1. The van der Waals surface area contributed by atoms with Crippen molar-refractivity contribution in [3.05, 3.63) is 74.3 Å². The molecule has 0 bridgehead atoms. The third kappa shape index (κ3) is 4.19. The van der Waals surface area contributed by atoms with Crippen LogP contribution in [0.5, 0.6) is 0 Å². The second kappa shape index (κ2) is 8.64. The fourth-order valence-corrected chi connectivity index (χ4v) is 3.52. The lowest BCUT2D eigenvalue weighted by molar-refractivity contribution is -0.114. The fraction of sp³-hybridized carbons (Fsp3) is 0.190. The third-order valence-electron chi connectivity index (χ3n) is 4.54. The Balaban J connectivity index is 2.31. The number of carbonyl (C=O) groups is 2. The third-order valence-corrected chi connectivity index (χ3v) is 4.83. The summed E-state index contributed by atoms with van der Waals surface area (Å²) in [5.74, 6) is -2.43. The average Bonchev–Trinajstić information content (AvgIpc) is 2.67. The monoisotopic (exact) mass is 432 g/mol. The fourth-order valence-electron chi connectivity index (χ4n) is 3.33. The molecule has 3 rings (SSSR count). The molecule has 2 aromatic carbocycles. The molecule has 1 amide bonds. The number of nitrogens with one attached hydrogen (secondary N) is 1. The van der Waals surface area contributed by atoms with Gasteiger partial charge in [-0.1, -0.05) is 23.7 Å². The molecule has 7 nitrogen and oxygen atoms in total. The minimum absolute atomic E-state index is 0.00587. The molecule has 0 aliphatic heterocycles. The molecule has 3 N–H and O–H groups in total. The first-order chi connectivity index (χ1) is 14.2. The highest BCUT2D eigenvalue weighted by molar-refractivity contribution is 6.30. The summed E-state index contributed by atoms with van der Waals surface area (Å²) >= 11 is 5.84. The summed E-state index contributed by atoms with van der Waals surface area (Å²) in [6, 6.07) is 7.59. The van der Waals surface area contributed by atoms with Gasteiger partial charge >= 0.3 is 5.97 Å². The molecule has 0 saturated heterocycles. The summed E-state index contributed by atoms with van der Waals surface area (Å²) < 4.78 is 15.8. The minimum Gasteiger partial charge on any atom is -0.477 e. The molecule has 30 heavy (non-hydrogen) atoms. The molecule has 0 unspecified atom stereocenters. The van der Waals surface area contributed by atoms with E-state index in [0.717, 1.165) is 6.20 Å². The van der Waals surface area contributed by atoms with Gasteiger partial charge in [-0.25, -0.2) is 9.18 Å². The van der Waals surface area contributed by atoms with Crippen molar-refractivity contribution in [2.45, 2.75) is 19.9 Å². The van der Waals surface area contributed by atoms with Crippen molar-refractivity contribution < 1.29 is 24.2 Å². The van der Waals surface area contributed by atoms with Crippen LogP contribution in [0.2, 0.25) is 5.02 Å². The molecule has 9 heteroatoms. The normalized spacial score (nSPS) is 10.9. The number of benzene rings is 2. The molecule has 156 valence electrons. The van der Waals surface area contributed by atoms with E-state index >= 15 is 0 Å². The number of aliphatic hydroxyl groups excluding tert-OH is 1. The summed E-state index contributed by atoms with van der Waals surface area (Å²) in [7, 11) is 0. The highest BCUT2D eigenvalue weighted by Gasteiger charge is 2.19. The van der Waals surface area contributed by atoms with E-state index in [1.165, 1.54) is 23.6 Å². The second-order valence-electron chi connectivity index (χ2n) is 6.70. The average molecular weight is 433 g/mol. The number of aromatic carboxylic acids is 1. The van der Waals surface area contributed by atoms with Crippen LogP contribution in [0.25, 0.3) is 10.9 Å². The molecule has 0 aliphatic rings. The van der Waals surface area contributed by atoms with Crippen molar-refractivity contribution in [2.24, 2.45) is 0 Å². The Hall–Kier alpha value is -3.23. The molecular formula is C21H18ClFN2O5. The predicted octanol–water partition coefficient (Wildman–Crippen LogP) is 3.03. The lowest BCUT2D eigenvalue weighted by Gasteiger charge is -2.17. The number of halogens is 2. The molecule has 3 aromatic rings. The molecule has 0 radical (unpaired) electrons. The minimum atomic E-state index is -1.42. The highest BCUT2D eigenvalue weighted by atomic mass is 35.5. The topological polar surface area (TPSA) is 109 Å². The first kappa shape index (κ1) is 21.5. The molecular weight excluding hydrogens is 415 g/mol. The maximum atomic E-state index is 14.4. The van der Waals surface area contributed by atoms with Crippen LogP contribution < -0.4 is 10.7 Å². The van der Waals surface area contributed by atoms with Gasteiger partial charge in [0, 0.05) is 31.5 Å². The van der Waals surface area contributed by atoms with Crippen LogP contribution in [0.3, 0.4) is 0 Å². The van der Waals surface area contributed by atoms with Gasteiger partial charge in [-0.15, -0.1) is 0 Å². The molecule has 0 fully saturated rings. The van der Waals surface area contributed by atoms with Crippen molar-refractivity contribution in [1.82, 2.24) is 4.57 Å². The molecule has 1 aromatic heterocycles. The standard InChI is InChI=1S/C21H18ClFN2O5/c1-11(27)24-17-9-12(7-13-3-2-4-16(22)18(13)23)8-14-19(17)25(5-6-26)10-15(20(14)28)21(29)30/h2-4,8-10,26H,5-7H2,1H3,(H,24,27)(H,29,30). The van der Waals surface area contributed by atoms with Gasteiger partial charge in [-0.2, -0.15) is 0 Å². The van der Waals surface area contributed by atoms with E-state index in [1.54, 1.807) is 18.2 Å². The van der Waals surface area contributed by atoms with Gasteiger partial charge in [0.25, 0.3) is 0 Å². The van der Waals surface area contributed by atoms with Gasteiger partial charge in [0.2, 0.25) is 11.3 Å². The van der Waals surface area contributed by atoms with Crippen LogP contribution >= 0.6 is 11.6 Å². The number of carbonyl (C=O) groups excluding carboxylic acids is 1. The maximum absolute atomic E-state index is 14.4. The zero-order valence-electron chi connectivity index (χ0n) is 15.9. The number of hydrogen-bond acceptors (Lipinski definition) is 4. The Kier molecular flexibility index (Phi) is 6.19. The van der Waals surface area contributed by atoms with E-state index in [4.69, 9.17) is 11.6 Å². The number of fused-ring (bicyclic) bond motifs is 1. The van der Waals surface area contributed by atoms with Gasteiger partial charge < -0.3 is 20.1 Å². The summed E-state index contributed by atoms with van der Waals surface area (Å²) in [5, 5.41) is 21.4. The number of carboxylic acid groups (broad SMARTS) is 1. The Morgan fingerprint density at radius 2 is 2.00 bits per heavy atom. The van der Waals surface area contributed by atoms with Crippen molar-refractivity contribution in [1.29, 1.82) is 0 Å². The van der Waals surface area contributed by atoms with E-state index in [2.05, 4.69) is 5.32 Å². The summed E-state index contributed by atoms with van der Waals surface area (Å²) in [5.41, 5.74) is 0.0512. The van der Waals surface area contributed by atoms with Crippen LogP contribution in [0.1, 0.15) is 28.4 Å². The smallest absolute Gasteiger partial charge is 0.341 e. The zero-order valence-corrected chi connectivity index (χ0v) is 16.7. The van der Waals surface area contributed by atoms with Crippen LogP contribution in [0.4, 0.5) is 10.1 Å². The number of amides is 1. The lowest BCUT2D eigenvalue weighted by Crippen LogP contribution is -2.21. The molecule has 0 saturated carbocycles. The maximum Gasteiger partial charge on any atom is 0.341 e. The van der Waals surface area contributed by atoms with Crippen LogP contribution in [0, 0.1) is 5.82 Å². The largest absolute Gasteiger partial charge is 0.477 e. The number of carboxylic acids is 1. The predicted molar refractivity (Wildman–Crippen MR) is 111 cm³/mol. The number of rotatable bonds is 6. The van der Waals surface area contributed by atoms with Gasteiger partial charge in [-0.05, 0) is 29.3 Å². The Morgan fingerprint density at radius 1 is 1.27 bits per heavy atom. The van der Waals surface area contributed by atoms with Crippen molar-refractivity contribution in [3.8, 4) is 0 Å². The number of anilines is 1. The van der Waals surface area contributed by atoms with Gasteiger partial charge in [0.05, 0.1) is 22.8 Å². The van der Waals surface area contributed by atoms with Gasteiger partial charge in [0.15, 0.2) is 0 Å². The Morgan fingerprint density at radius 3 is 2.63 bits per heavy atom. The highest BCUT2D eigenvalue weighted by Crippen LogP contribution is 2.28. The van der Waals surface area contributed by atoms with E-state index in [9.17, 15) is 29.0 Å². The summed E-state index contributed by atoms with van der Waals surface area (Å²) in [6.45, 7) is 0.979. The van der Waals surface area contributed by atoms with Crippen molar-refractivity contribution in [2.75, 3.05) is 11.9 Å². The molecule has 1 heterocycles. The number of aromatic nitrogens is 1. The number of hydrogen-bond donors (Lipinski definition) is 3. The van der Waals surface area contributed by atoms with Gasteiger partial charge in [0.1, 0.15) is 11.4 Å². The van der Waals surface area contributed by atoms with E-state index in [-0.39, 0.29) is 46.7 Å². The van der Waals surface area contributed by atoms with E-state index in [0.29, 0.717) is 5.56 Å².